The van der Waals surface area contributed by atoms with Gasteiger partial charge >= 0.3 is 0 Å². The minimum absolute atomic E-state index is 0.109. The van der Waals surface area contributed by atoms with Crippen LogP contribution in [0.5, 0.6) is 0 Å². The fourth-order valence-corrected chi connectivity index (χ4v) is 2.15. The Bertz CT molecular complexity index is 600. The lowest BCUT2D eigenvalue weighted by molar-refractivity contribution is -0.116. The standard InChI is InChI=1S/C15H21N5O/c1-11-5-3-6-12(2)15(11)17-14(21)10-20-9-13(18-19-20)7-4-8-16/h3,5-6,9H,4,7-8,10,16H2,1-2H3,(H,17,21). The molecule has 6 heteroatoms. The molecule has 0 atom stereocenters. The third kappa shape index (κ3) is 4.13. The van der Waals surface area contributed by atoms with Crippen molar-refractivity contribution in [1.29, 1.82) is 0 Å². The first-order chi connectivity index (χ1) is 10.1. The van der Waals surface area contributed by atoms with Crippen molar-refractivity contribution in [3.63, 3.8) is 0 Å². The molecule has 21 heavy (non-hydrogen) atoms. The highest BCUT2D eigenvalue weighted by Crippen LogP contribution is 2.19. The minimum atomic E-state index is -0.109. The fourth-order valence-electron chi connectivity index (χ4n) is 2.15. The van der Waals surface area contributed by atoms with E-state index in [4.69, 9.17) is 5.73 Å². The van der Waals surface area contributed by atoms with Crippen LogP contribution < -0.4 is 11.1 Å². The second kappa shape index (κ2) is 6.99. The Morgan fingerprint density at radius 1 is 1.33 bits per heavy atom. The van der Waals surface area contributed by atoms with Crippen LogP contribution >= 0.6 is 0 Å². The van der Waals surface area contributed by atoms with Crippen LogP contribution in [-0.4, -0.2) is 27.4 Å². The van der Waals surface area contributed by atoms with Gasteiger partial charge in [0.1, 0.15) is 6.54 Å². The van der Waals surface area contributed by atoms with Crippen LogP contribution in [0.25, 0.3) is 0 Å². The normalized spacial score (nSPS) is 10.6. The molecule has 0 aliphatic carbocycles. The van der Waals surface area contributed by atoms with Gasteiger partial charge < -0.3 is 11.1 Å². The Balaban J connectivity index is 1.97. The third-order valence-electron chi connectivity index (χ3n) is 3.27. The number of nitrogens with zero attached hydrogens (tertiary/aromatic N) is 3. The molecule has 3 N–H and O–H groups in total. The van der Waals surface area contributed by atoms with Gasteiger partial charge in [-0.25, -0.2) is 4.68 Å². The first kappa shape index (κ1) is 15.2. The molecule has 112 valence electrons. The fraction of sp³-hybridized carbons (Fsp3) is 0.400. The second-order valence-electron chi connectivity index (χ2n) is 5.11. The predicted octanol–water partition coefficient (Wildman–Crippen LogP) is 1.42. The topological polar surface area (TPSA) is 85.8 Å². The van der Waals surface area contributed by atoms with Crippen LogP contribution in [0.3, 0.4) is 0 Å². The summed E-state index contributed by atoms with van der Waals surface area (Å²) in [6.07, 6.45) is 3.45. The lowest BCUT2D eigenvalue weighted by atomic mass is 10.1. The average Bonchev–Trinajstić information content (AvgIpc) is 2.88. The number of amides is 1. The van der Waals surface area contributed by atoms with E-state index in [1.54, 1.807) is 10.9 Å². The SMILES string of the molecule is Cc1cccc(C)c1NC(=O)Cn1cc(CCCN)nn1. The van der Waals surface area contributed by atoms with Crippen molar-refractivity contribution >= 4 is 11.6 Å². The lowest BCUT2D eigenvalue weighted by Crippen LogP contribution is -2.20. The number of carbonyl (C=O) groups is 1. The largest absolute Gasteiger partial charge is 0.330 e. The molecule has 0 aliphatic heterocycles. The maximum absolute atomic E-state index is 12.1. The smallest absolute Gasteiger partial charge is 0.246 e. The maximum Gasteiger partial charge on any atom is 0.246 e. The van der Waals surface area contributed by atoms with E-state index < -0.39 is 0 Å². The number of anilines is 1. The van der Waals surface area contributed by atoms with E-state index in [1.165, 1.54) is 0 Å². The number of carbonyl (C=O) groups excluding carboxylic acids is 1. The van der Waals surface area contributed by atoms with Gasteiger partial charge in [0.2, 0.25) is 5.91 Å². The van der Waals surface area contributed by atoms with Gasteiger partial charge in [-0.15, -0.1) is 5.10 Å². The van der Waals surface area contributed by atoms with Gasteiger partial charge in [0.05, 0.1) is 5.69 Å². The van der Waals surface area contributed by atoms with Gasteiger partial charge in [0.15, 0.2) is 0 Å². The molecule has 1 aromatic heterocycles. The number of para-hydroxylation sites is 1. The van der Waals surface area contributed by atoms with Crippen LogP contribution in [0.15, 0.2) is 24.4 Å². The van der Waals surface area contributed by atoms with E-state index in [0.29, 0.717) is 6.54 Å². The van der Waals surface area contributed by atoms with Crippen molar-refractivity contribution in [1.82, 2.24) is 15.0 Å². The van der Waals surface area contributed by atoms with Gasteiger partial charge in [-0.2, -0.15) is 0 Å². The summed E-state index contributed by atoms with van der Waals surface area (Å²) < 4.78 is 1.55. The zero-order chi connectivity index (χ0) is 15.2. The molecule has 0 unspecified atom stereocenters. The molecular weight excluding hydrogens is 266 g/mol. The van der Waals surface area contributed by atoms with Gasteiger partial charge in [0, 0.05) is 11.9 Å². The Kier molecular flexibility index (Phi) is 5.05. The number of nitrogens with two attached hydrogens (primary N) is 1. The quantitative estimate of drug-likeness (QED) is 0.841. The number of hydrogen-bond donors (Lipinski definition) is 2. The first-order valence-corrected chi connectivity index (χ1v) is 7.05. The summed E-state index contributed by atoms with van der Waals surface area (Å²) in [6, 6.07) is 5.92. The molecule has 1 heterocycles. The van der Waals surface area contributed by atoms with E-state index in [0.717, 1.165) is 35.3 Å². The van der Waals surface area contributed by atoms with E-state index in [2.05, 4.69) is 15.6 Å². The van der Waals surface area contributed by atoms with Crippen LogP contribution in [0.4, 0.5) is 5.69 Å². The summed E-state index contributed by atoms with van der Waals surface area (Å²) in [4.78, 5) is 12.1. The molecule has 0 saturated carbocycles. The molecule has 0 radical (unpaired) electrons. The zero-order valence-electron chi connectivity index (χ0n) is 12.5. The van der Waals surface area contributed by atoms with Crippen molar-refractivity contribution in [2.75, 3.05) is 11.9 Å². The van der Waals surface area contributed by atoms with Crippen LogP contribution in [0, 0.1) is 13.8 Å². The van der Waals surface area contributed by atoms with Gasteiger partial charge in [-0.05, 0) is 44.4 Å². The van der Waals surface area contributed by atoms with Crippen molar-refractivity contribution in [2.24, 2.45) is 5.73 Å². The molecule has 6 nitrogen and oxygen atoms in total. The molecule has 2 rings (SSSR count). The summed E-state index contributed by atoms with van der Waals surface area (Å²) in [5.41, 5.74) is 9.28. The Morgan fingerprint density at radius 2 is 2.05 bits per heavy atom. The van der Waals surface area contributed by atoms with E-state index in [9.17, 15) is 4.79 Å². The zero-order valence-corrected chi connectivity index (χ0v) is 12.5. The van der Waals surface area contributed by atoms with Crippen molar-refractivity contribution in [2.45, 2.75) is 33.2 Å². The number of nitrogens with one attached hydrogen (secondary N) is 1. The lowest BCUT2D eigenvalue weighted by Gasteiger charge is -2.11. The average molecular weight is 287 g/mol. The predicted molar refractivity (Wildman–Crippen MR) is 81.9 cm³/mol. The Morgan fingerprint density at radius 3 is 2.71 bits per heavy atom. The molecule has 0 saturated heterocycles. The van der Waals surface area contributed by atoms with Gasteiger partial charge in [0.25, 0.3) is 0 Å². The number of hydrogen-bond acceptors (Lipinski definition) is 4. The van der Waals surface area contributed by atoms with E-state index >= 15 is 0 Å². The molecule has 2 aromatic rings. The van der Waals surface area contributed by atoms with Gasteiger partial charge in [-0.1, -0.05) is 23.4 Å². The number of rotatable bonds is 6. The Hall–Kier alpha value is -2.21. The summed E-state index contributed by atoms with van der Waals surface area (Å²) in [6.45, 7) is 4.73. The van der Waals surface area contributed by atoms with E-state index in [1.807, 2.05) is 32.0 Å². The molecule has 0 aliphatic rings. The summed E-state index contributed by atoms with van der Waals surface area (Å²) in [7, 11) is 0. The molecule has 0 bridgehead atoms. The summed E-state index contributed by atoms with van der Waals surface area (Å²) >= 11 is 0. The third-order valence-corrected chi connectivity index (χ3v) is 3.27. The number of aromatic nitrogens is 3. The summed E-state index contributed by atoms with van der Waals surface area (Å²) in [5.74, 6) is -0.109. The first-order valence-electron chi connectivity index (χ1n) is 7.05. The molecule has 1 aromatic carbocycles. The molecule has 0 spiro atoms. The van der Waals surface area contributed by atoms with Crippen molar-refractivity contribution in [3.05, 3.63) is 41.2 Å². The molecule has 0 fully saturated rings. The van der Waals surface area contributed by atoms with Crippen LogP contribution in [0.2, 0.25) is 0 Å². The monoisotopic (exact) mass is 287 g/mol. The summed E-state index contributed by atoms with van der Waals surface area (Å²) in [5, 5.41) is 10.9. The highest BCUT2D eigenvalue weighted by molar-refractivity contribution is 5.92. The maximum atomic E-state index is 12.1. The molecule has 1 amide bonds. The van der Waals surface area contributed by atoms with Crippen LogP contribution in [0.1, 0.15) is 23.2 Å². The minimum Gasteiger partial charge on any atom is -0.330 e. The van der Waals surface area contributed by atoms with Crippen molar-refractivity contribution in [3.8, 4) is 0 Å². The van der Waals surface area contributed by atoms with Crippen LogP contribution in [-0.2, 0) is 17.8 Å². The highest BCUT2D eigenvalue weighted by atomic mass is 16.2. The van der Waals surface area contributed by atoms with Gasteiger partial charge in [-0.3, -0.25) is 4.79 Å². The Labute approximate surface area is 124 Å². The number of benzene rings is 1. The van der Waals surface area contributed by atoms with Crippen molar-refractivity contribution < 1.29 is 4.79 Å². The molecular formula is C15H21N5O. The highest BCUT2D eigenvalue weighted by Gasteiger charge is 2.09. The van der Waals surface area contributed by atoms with E-state index in [-0.39, 0.29) is 12.5 Å². The second-order valence-corrected chi connectivity index (χ2v) is 5.11. The number of aryl methyl sites for hydroxylation is 3.